The van der Waals surface area contributed by atoms with Gasteiger partial charge in [-0.3, -0.25) is 4.79 Å². The number of halogens is 1. The fourth-order valence-electron chi connectivity index (χ4n) is 2.05. The quantitative estimate of drug-likeness (QED) is 0.773. The van der Waals surface area contributed by atoms with E-state index in [9.17, 15) is 4.79 Å². The Morgan fingerprint density at radius 3 is 2.80 bits per heavy atom. The van der Waals surface area contributed by atoms with Crippen LogP contribution in [0.25, 0.3) is 0 Å². The molecule has 0 spiro atoms. The molecule has 0 aromatic rings. The standard InChI is InChI=1S/C10H18N2OS.ClH/c13-10(9-4-2-6-14-9)12-8-3-1-5-11-7-8;/h8-9,11H,1-7H2,(H,12,13);1H/t8-,9?;/m1./s1. The average Bonchev–Trinajstić information content (AvgIpc) is 2.72. The zero-order chi connectivity index (χ0) is 9.80. The van der Waals surface area contributed by atoms with Gasteiger partial charge >= 0.3 is 0 Å². The van der Waals surface area contributed by atoms with Crippen LogP contribution in [0.1, 0.15) is 25.7 Å². The maximum Gasteiger partial charge on any atom is 0.233 e. The molecule has 2 atom stereocenters. The van der Waals surface area contributed by atoms with Crippen LogP contribution in [0.5, 0.6) is 0 Å². The Bertz CT molecular complexity index is 204. The molecule has 15 heavy (non-hydrogen) atoms. The summed E-state index contributed by atoms with van der Waals surface area (Å²) in [4.78, 5) is 11.8. The molecule has 0 aliphatic carbocycles. The van der Waals surface area contributed by atoms with E-state index in [1.807, 2.05) is 0 Å². The number of hydrogen-bond donors (Lipinski definition) is 2. The molecule has 0 aromatic carbocycles. The van der Waals surface area contributed by atoms with Crippen molar-refractivity contribution in [3.8, 4) is 0 Å². The number of rotatable bonds is 2. The zero-order valence-electron chi connectivity index (χ0n) is 8.83. The lowest BCUT2D eigenvalue weighted by atomic mass is 10.1. The molecule has 88 valence electrons. The van der Waals surface area contributed by atoms with Crippen LogP contribution in [-0.2, 0) is 4.79 Å². The van der Waals surface area contributed by atoms with Crippen LogP contribution in [0, 0.1) is 0 Å². The first-order chi connectivity index (χ1) is 6.86. The van der Waals surface area contributed by atoms with Gasteiger partial charge in [-0.2, -0.15) is 0 Å². The molecule has 5 heteroatoms. The molecule has 0 saturated carbocycles. The van der Waals surface area contributed by atoms with E-state index < -0.39 is 0 Å². The summed E-state index contributed by atoms with van der Waals surface area (Å²) in [6, 6.07) is 0.373. The molecule has 2 heterocycles. The lowest BCUT2D eigenvalue weighted by molar-refractivity contribution is -0.121. The molecule has 0 radical (unpaired) electrons. The molecule has 2 aliphatic rings. The lowest BCUT2D eigenvalue weighted by Crippen LogP contribution is -2.47. The van der Waals surface area contributed by atoms with Gasteiger partial charge in [-0.25, -0.2) is 0 Å². The van der Waals surface area contributed by atoms with Gasteiger partial charge in [0.1, 0.15) is 0 Å². The highest BCUT2D eigenvalue weighted by atomic mass is 35.5. The van der Waals surface area contributed by atoms with Gasteiger partial charge in [-0.05, 0) is 38.0 Å². The van der Waals surface area contributed by atoms with Gasteiger partial charge in [0, 0.05) is 12.6 Å². The fourth-order valence-corrected chi connectivity index (χ4v) is 3.22. The molecule has 3 nitrogen and oxygen atoms in total. The van der Waals surface area contributed by atoms with Crippen molar-refractivity contribution >= 4 is 30.1 Å². The number of thioether (sulfide) groups is 1. The van der Waals surface area contributed by atoms with Crippen LogP contribution < -0.4 is 10.6 Å². The smallest absolute Gasteiger partial charge is 0.233 e. The molecule has 2 saturated heterocycles. The van der Waals surface area contributed by atoms with Gasteiger partial charge in [0.05, 0.1) is 5.25 Å². The van der Waals surface area contributed by atoms with Crippen molar-refractivity contribution in [2.45, 2.75) is 37.0 Å². The molecule has 1 amide bonds. The van der Waals surface area contributed by atoms with Crippen LogP contribution >= 0.6 is 24.2 Å². The average molecular weight is 251 g/mol. The second-order valence-corrected chi connectivity index (χ2v) is 5.36. The second-order valence-electron chi connectivity index (χ2n) is 4.05. The van der Waals surface area contributed by atoms with E-state index in [1.54, 1.807) is 11.8 Å². The minimum absolute atomic E-state index is 0. The molecular weight excluding hydrogens is 232 g/mol. The van der Waals surface area contributed by atoms with Gasteiger partial charge in [0.15, 0.2) is 0 Å². The normalized spacial score (nSPS) is 30.7. The Hall–Kier alpha value is 0.0700. The van der Waals surface area contributed by atoms with Gasteiger partial charge in [-0.1, -0.05) is 0 Å². The number of amides is 1. The fraction of sp³-hybridized carbons (Fsp3) is 0.900. The van der Waals surface area contributed by atoms with Crippen molar-refractivity contribution in [1.82, 2.24) is 10.6 Å². The molecular formula is C10H19ClN2OS. The largest absolute Gasteiger partial charge is 0.351 e. The summed E-state index contributed by atoms with van der Waals surface area (Å²) in [5.74, 6) is 1.42. The van der Waals surface area contributed by atoms with Gasteiger partial charge < -0.3 is 10.6 Å². The van der Waals surface area contributed by atoms with Gasteiger partial charge in [0.2, 0.25) is 5.91 Å². The van der Waals surface area contributed by atoms with E-state index in [0.717, 1.165) is 31.7 Å². The summed E-state index contributed by atoms with van der Waals surface area (Å²) >= 11 is 1.81. The number of carbonyl (C=O) groups excluding carboxylic acids is 1. The van der Waals surface area contributed by atoms with Gasteiger partial charge in [0.25, 0.3) is 0 Å². The predicted octanol–water partition coefficient (Wildman–Crippen LogP) is 1.17. The third-order valence-electron chi connectivity index (χ3n) is 2.87. The topological polar surface area (TPSA) is 41.1 Å². The Morgan fingerprint density at radius 1 is 1.33 bits per heavy atom. The van der Waals surface area contributed by atoms with E-state index >= 15 is 0 Å². The second kappa shape index (κ2) is 6.61. The first-order valence-electron chi connectivity index (χ1n) is 5.49. The van der Waals surface area contributed by atoms with Crippen LogP contribution in [0.15, 0.2) is 0 Å². The summed E-state index contributed by atoms with van der Waals surface area (Å²) in [5, 5.41) is 6.68. The highest BCUT2D eigenvalue weighted by Gasteiger charge is 2.25. The van der Waals surface area contributed by atoms with E-state index in [4.69, 9.17) is 0 Å². The molecule has 2 fully saturated rings. The van der Waals surface area contributed by atoms with E-state index in [-0.39, 0.29) is 23.6 Å². The summed E-state index contributed by atoms with van der Waals surface area (Å²) < 4.78 is 0. The van der Waals surface area contributed by atoms with Crippen LogP contribution in [-0.4, -0.2) is 36.0 Å². The van der Waals surface area contributed by atoms with Crippen molar-refractivity contribution in [2.24, 2.45) is 0 Å². The van der Waals surface area contributed by atoms with Crippen molar-refractivity contribution in [3.63, 3.8) is 0 Å². The number of nitrogens with one attached hydrogen (secondary N) is 2. The monoisotopic (exact) mass is 250 g/mol. The lowest BCUT2D eigenvalue weighted by Gasteiger charge is -2.24. The van der Waals surface area contributed by atoms with E-state index in [1.165, 1.54) is 12.8 Å². The third kappa shape index (κ3) is 3.85. The Balaban J connectivity index is 0.00000112. The van der Waals surface area contributed by atoms with Crippen molar-refractivity contribution in [3.05, 3.63) is 0 Å². The number of piperidine rings is 1. The molecule has 1 unspecified atom stereocenters. The summed E-state index contributed by atoms with van der Waals surface area (Å²) in [6.45, 7) is 2.05. The van der Waals surface area contributed by atoms with Crippen LogP contribution in [0.2, 0.25) is 0 Å². The van der Waals surface area contributed by atoms with Gasteiger partial charge in [-0.15, -0.1) is 24.2 Å². The van der Waals surface area contributed by atoms with Crippen LogP contribution in [0.4, 0.5) is 0 Å². The molecule has 0 aromatic heterocycles. The van der Waals surface area contributed by atoms with E-state index in [0.29, 0.717) is 6.04 Å². The molecule has 2 aliphatic heterocycles. The minimum atomic E-state index is 0. The highest BCUT2D eigenvalue weighted by molar-refractivity contribution is 8.00. The number of carbonyl (C=O) groups is 1. The molecule has 0 bridgehead atoms. The Kier molecular flexibility index (Phi) is 5.79. The van der Waals surface area contributed by atoms with Crippen molar-refractivity contribution < 1.29 is 4.79 Å². The summed E-state index contributed by atoms with van der Waals surface area (Å²) in [5.41, 5.74) is 0. The molecule has 2 N–H and O–H groups in total. The van der Waals surface area contributed by atoms with Crippen molar-refractivity contribution in [2.75, 3.05) is 18.8 Å². The van der Waals surface area contributed by atoms with Crippen LogP contribution in [0.3, 0.4) is 0 Å². The summed E-state index contributed by atoms with van der Waals surface area (Å²) in [7, 11) is 0. The number of hydrogen-bond acceptors (Lipinski definition) is 3. The predicted molar refractivity (Wildman–Crippen MR) is 66.8 cm³/mol. The minimum Gasteiger partial charge on any atom is -0.351 e. The third-order valence-corrected chi connectivity index (χ3v) is 4.24. The van der Waals surface area contributed by atoms with Crippen molar-refractivity contribution in [1.29, 1.82) is 0 Å². The molecule has 2 rings (SSSR count). The highest BCUT2D eigenvalue weighted by Crippen LogP contribution is 2.26. The zero-order valence-corrected chi connectivity index (χ0v) is 10.5. The maximum absolute atomic E-state index is 11.8. The summed E-state index contributed by atoms with van der Waals surface area (Å²) in [6.07, 6.45) is 4.58. The first kappa shape index (κ1) is 13.1. The Morgan fingerprint density at radius 2 is 2.20 bits per heavy atom. The van der Waals surface area contributed by atoms with E-state index in [2.05, 4.69) is 10.6 Å². The first-order valence-corrected chi connectivity index (χ1v) is 6.54. The SMILES string of the molecule is Cl.O=C(N[C@@H]1CCCNC1)C1CCCS1. The maximum atomic E-state index is 11.8. The Labute approximate surface area is 102 Å².